The molecular formula is C56H100INO4. The van der Waals surface area contributed by atoms with E-state index in [1.165, 1.54) is 148 Å². The van der Waals surface area contributed by atoms with Crippen LogP contribution >= 0.6 is 22.6 Å². The maximum Gasteiger partial charge on any atom is 0.0936 e. The van der Waals surface area contributed by atoms with Crippen molar-refractivity contribution in [2.45, 2.75) is 237 Å². The number of hydrogen-bond acceptors (Lipinski definition) is 5. The first-order valence-electron chi connectivity index (χ1n) is 27.0. The second-order valence-electron chi connectivity index (χ2n) is 22.6. The molecule has 4 fully saturated rings. The average molecular weight is 978 g/mol. The summed E-state index contributed by atoms with van der Waals surface area (Å²) in [7, 11) is 1.85. The van der Waals surface area contributed by atoms with Gasteiger partial charge in [0, 0.05) is 42.2 Å². The Morgan fingerprint density at radius 3 is 2.16 bits per heavy atom. The van der Waals surface area contributed by atoms with Gasteiger partial charge >= 0.3 is 0 Å². The molecule has 0 N–H and O–H groups in total. The molecule has 5 rings (SSSR count). The second kappa shape index (κ2) is 26.5. The molecule has 0 aromatic rings. The maximum atomic E-state index is 6.69. The second-order valence-corrected chi connectivity index (χ2v) is 24.6. The molecule has 5 aliphatic rings. The van der Waals surface area contributed by atoms with Gasteiger partial charge in [-0.2, -0.15) is 0 Å². The van der Waals surface area contributed by atoms with E-state index in [9.17, 15) is 0 Å². The topological polar surface area (TPSA) is 40.2 Å². The summed E-state index contributed by atoms with van der Waals surface area (Å²) in [5.41, 5.74) is 2.89. The smallest absolute Gasteiger partial charge is 0.0936 e. The Morgan fingerprint density at radius 2 is 1.47 bits per heavy atom. The average Bonchev–Trinajstić information content (AvgIpc) is 3.82. The summed E-state index contributed by atoms with van der Waals surface area (Å²) in [5, 5.41) is 0. The Kier molecular flexibility index (Phi) is 22.7. The van der Waals surface area contributed by atoms with Crippen molar-refractivity contribution in [1.82, 2.24) is 4.90 Å². The number of hydrogen-bond donors (Lipinski definition) is 0. The summed E-state index contributed by atoms with van der Waals surface area (Å²) in [6, 6.07) is 0. The largest absolute Gasteiger partial charge is 0.380 e. The van der Waals surface area contributed by atoms with Crippen LogP contribution in [0.5, 0.6) is 0 Å². The van der Waals surface area contributed by atoms with Gasteiger partial charge in [0.2, 0.25) is 0 Å². The molecule has 0 aromatic heterocycles. The van der Waals surface area contributed by atoms with Gasteiger partial charge in [0.15, 0.2) is 0 Å². The summed E-state index contributed by atoms with van der Waals surface area (Å²) < 4.78 is 25.6. The maximum absolute atomic E-state index is 6.69. The monoisotopic (exact) mass is 978 g/mol. The molecule has 10 atom stereocenters. The fraction of sp³-hybridized carbons (Fsp3) is 0.929. The molecule has 3 saturated carbocycles. The number of nitrogens with zero attached hydrogens (tertiary/aromatic N) is 1. The predicted molar refractivity (Wildman–Crippen MR) is 273 cm³/mol. The van der Waals surface area contributed by atoms with Gasteiger partial charge in [0.25, 0.3) is 0 Å². The Hall–Kier alpha value is 0.0100. The molecule has 1 aliphatic heterocycles. The van der Waals surface area contributed by atoms with Crippen LogP contribution in [0.15, 0.2) is 23.8 Å². The lowest BCUT2D eigenvalue weighted by Crippen LogP contribution is -2.63. The summed E-state index contributed by atoms with van der Waals surface area (Å²) >= 11 is 3.04. The van der Waals surface area contributed by atoms with Crippen molar-refractivity contribution in [2.75, 3.05) is 53.2 Å². The van der Waals surface area contributed by atoms with E-state index in [-0.39, 0.29) is 11.5 Å². The number of rotatable bonds is 31. The van der Waals surface area contributed by atoms with Gasteiger partial charge in [-0.15, -0.1) is 0 Å². The van der Waals surface area contributed by atoms with Crippen LogP contribution in [0.25, 0.3) is 0 Å². The molecule has 4 aliphatic carbocycles. The van der Waals surface area contributed by atoms with E-state index in [0.717, 1.165) is 69.2 Å². The zero-order valence-corrected chi connectivity index (χ0v) is 44.2. The van der Waals surface area contributed by atoms with Crippen LogP contribution in [0, 0.1) is 39.9 Å². The van der Waals surface area contributed by atoms with Crippen molar-refractivity contribution < 1.29 is 18.9 Å². The summed E-state index contributed by atoms with van der Waals surface area (Å²) in [6.07, 6.45) is 42.8. The van der Waals surface area contributed by atoms with Crippen LogP contribution in [0.3, 0.4) is 0 Å². The Balaban J connectivity index is 1.00. The molecule has 1 saturated heterocycles. The number of halogens is 1. The number of unbranched alkanes of at least 4 members (excludes halogenated alkanes) is 12. The number of methoxy groups -OCH3 is 1. The molecule has 5 nitrogen and oxygen atoms in total. The van der Waals surface area contributed by atoms with E-state index < -0.39 is 0 Å². The molecule has 0 spiro atoms. The zero-order valence-electron chi connectivity index (χ0n) is 42.1. The van der Waals surface area contributed by atoms with Crippen LogP contribution in [0.1, 0.15) is 215 Å². The molecule has 0 amide bonds. The van der Waals surface area contributed by atoms with E-state index in [1.54, 1.807) is 5.57 Å². The summed E-state index contributed by atoms with van der Waals surface area (Å²) in [5.74, 6) is 3.34. The Bertz CT molecular complexity index is 1320. The van der Waals surface area contributed by atoms with E-state index in [2.05, 4.69) is 94.2 Å². The number of fused-ring (bicyclic) bond motifs is 5. The third kappa shape index (κ3) is 14.0. The first-order valence-corrected chi connectivity index (χ1v) is 28.1. The first-order chi connectivity index (χ1) is 29.9. The Morgan fingerprint density at radius 1 is 0.758 bits per heavy atom. The highest BCUT2D eigenvalue weighted by molar-refractivity contribution is 14.1. The number of alkyl halides is 1. The SMILES string of the molecule is CCCCCCCC/C=C\CCCCCCCCOCC(CN1CCC(OC)C1)OCCO[C@H]1CC[C@@]2(C)C(=CC[C@H]3[C@]4(C)CC[C@H]([C@H](C)CCCC(C)C)[C@@]4(C)CC[C@@]32I)C1. The zero-order chi connectivity index (χ0) is 44.5. The summed E-state index contributed by atoms with van der Waals surface area (Å²) in [6.45, 7) is 23.7. The lowest BCUT2D eigenvalue weighted by Gasteiger charge is -2.67. The quantitative estimate of drug-likeness (QED) is 0.0300. The highest BCUT2D eigenvalue weighted by Gasteiger charge is 2.69. The molecule has 62 heavy (non-hydrogen) atoms. The minimum Gasteiger partial charge on any atom is -0.380 e. The minimum atomic E-state index is 0.0754. The van der Waals surface area contributed by atoms with Crippen LogP contribution in [0.4, 0.5) is 0 Å². The molecule has 0 aromatic carbocycles. The third-order valence-corrected chi connectivity index (χ3v) is 20.6. The fourth-order valence-electron chi connectivity index (χ4n) is 13.8. The third-order valence-electron chi connectivity index (χ3n) is 18.1. The van der Waals surface area contributed by atoms with E-state index in [1.807, 2.05) is 7.11 Å². The summed E-state index contributed by atoms with van der Waals surface area (Å²) in [4.78, 5) is 2.51. The van der Waals surface area contributed by atoms with E-state index in [4.69, 9.17) is 18.9 Å². The fourth-order valence-corrected chi connectivity index (χ4v) is 15.6. The molecule has 360 valence electrons. The van der Waals surface area contributed by atoms with Crippen molar-refractivity contribution in [3.63, 3.8) is 0 Å². The highest BCUT2D eigenvalue weighted by atomic mass is 127. The van der Waals surface area contributed by atoms with Gasteiger partial charge in [0.1, 0.15) is 0 Å². The molecule has 0 bridgehead atoms. The Labute approximate surface area is 398 Å². The number of allylic oxidation sites excluding steroid dienone is 3. The number of ether oxygens (including phenoxy) is 4. The standard InChI is InChI=1S/C56H100INO4/c1-9-10-11-12-13-14-15-16-17-18-19-20-21-22-23-24-38-60-44-50(43-58-37-32-49(42-58)59-8)62-40-39-61-48-30-33-53(5)47(41-48)28-29-52-55(7)34-31-51(46(4)27-25-26-45(2)3)54(55,6)35-36-56(52,53)57/h16-17,28,45-46,48-52H,9-15,18-27,29-44H2,1-8H3/b17-16-/t46-,48+,49?,50?,51-,52+,53+,54-,55+,56-/m1/s1. The molecule has 0 radical (unpaired) electrons. The molecule has 1 heterocycles. The van der Waals surface area contributed by atoms with Gasteiger partial charge in [-0.3, -0.25) is 4.90 Å². The van der Waals surface area contributed by atoms with E-state index in [0.29, 0.717) is 46.3 Å². The molecular weight excluding hydrogens is 878 g/mol. The van der Waals surface area contributed by atoms with E-state index >= 15 is 0 Å². The van der Waals surface area contributed by atoms with Crippen molar-refractivity contribution in [3.05, 3.63) is 23.8 Å². The van der Waals surface area contributed by atoms with Crippen LogP contribution in [-0.4, -0.2) is 79.8 Å². The van der Waals surface area contributed by atoms with Crippen LogP contribution in [-0.2, 0) is 18.9 Å². The van der Waals surface area contributed by atoms with Crippen molar-refractivity contribution >= 4 is 22.6 Å². The van der Waals surface area contributed by atoms with Crippen molar-refractivity contribution in [3.8, 4) is 0 Å². The number of likely N-dealkylation sites (tertiary alicyclic amines) is 1. The highest BCUT2D eigenvalue weighted by Crippen LogP contribution is 2.76. The lowest BCUT2D eigenvalue weighted by atomic mass is 9.42. The van der Waals surface area contributed by atoms with Crippen molar-refractivity contribution in [1.29, 1.82) is 0 Å². The molecule has 6 heteroatoms. The van der Waals surface area contributed by atoms with Gasteiger partial charge < -0.3 is 18.9 Å². The lowest BCUT2D eigenvalue weighted by molar-refractivity contribution is -0.0979. The van der Waals surface area contributed by atoms with Crippen LogP contribution < -0.4 is 0 Å². The minimum absolute atomic E-state index is 0.0754. The predicted octanol–water partition coefficient (Wildman–Crippen LogP) is 15.5. The normalized spacial score (nSPS) is 33.5. The van der Waals surface area contributed by atoms with Gasteiger partial charge in [0.05, 0.1) is 38.1 Å². The van der Waals surface area contributed by atoms with Crippen LogP contribution in [0.2, 0.25) is 0 Å². The van der Waals surface area contributed by atoms with Gasteiger partial charge in [-0.25, -0.2) is 0 Å². The van der Waals surface area contributed by atoms with Gasteiger partial charge in [-0.05, 0) is 124 Å². The van der Waals surface area contributed by atoms with Crippen molar-refractivity contribution in [2.24, 2.45) is 39.9 Å². The van der Waals surface area contributed by atoms with Gasteiger partial charge in [-0.1, -0.05) is 172 Å². The molecule has 2 unspecified atom stereocenters. The first kappa shape index (κ1) is 53.0.